The molecule has 0 saturated heterocycles. The number of anilines is 1. The molecule has 4 rings (SSSR count). The van der Waals surface area contributed by atoms with E-state index in [1.54, 1.807) is 36.8 Å². The normalized spacial score (nSPS) is 12.8. The van der Waals surface area contributed by atoms with Crippen LogP contribution in [0.5, 0.6) is 11.5 Å². The summed E-state index contributed by atoms with van der Waals surface area (Å²) in [6.45, 7) is 3.92. The van der Waals surface area contributed by atoms with Crippen LogP contribution < -0.4 is 14.8 Å². The largest absolute Gasteiger partial charge is 0.493 e. The van der Waals surface area contributed by atoms with Crippen molar-refractivity contribution in [3.63, 3.8) is 0 Å². The molecule has 1 amide bonds. The lowest BCUT2D eigenvalue weighted by Gasteiger charge is -2.12. The summed E-state index contributed by atoms with van der Waals surface area (Å²) >= 11 is 1.56. The number of hydrogen-bond acceptors (Lipinski definition) is 7. The molecule has 36 heavy (non-hydrogen) atoms. The Hall–Kier alpha value is -3.65. The van der Waals surface area contributed by atoms with E-state index in [0.717, 1.165) is 48.1 Å². The Morgan fingerprint density at radius 2 is 1.92 bits per heavy atom. The molecule has 0 atom stereocenters. The van der Waals surface area contributed by atoms with E-state index in [1.807, 2.05) is 44.2 Å². The number of ether oxygens (including phenoxy) is 3. The molecule has 0 spiro atoms. The van der Waals surface area contributed by atoms with Crippen molar-refractivity contribution < 1.29 is 23.8 Å². The highest BCUT2D eigenvalue weighted by Crippen LogP contribution is 2.40. The molecule has 188 valence electrons. The monoisotopic (exact) mass is 506 g/mol. The summed E-state index contributed by atoms with van der Waals surface area (Å²) in [5.41, 5.74) is 4.19. The summed E-state index contributed by atoms with van der Waals surface area (Å²) in [4.78, 5) is 30.9. The number of thiophene rings is 1. The van der Waals surface area contributed by atoms with Gasteiger partial charge in [-0.15, -0.1) is 11.3 Å². The van der Waals surface area contributed by atoms with Gasteiger partial charge >= 0.3 is 5.97 Å². The number of aryl methyl sites for hydroxylation is 2. The lowest BCUT2D eigenvalue weighted by atomic mass is 9.95. The molecule has 1 aromatic heterocycles. The van der Waals surface area contributed by atoms with E-state index in [9.17, 15) is 9.59 Å². The molecule has 3 aromatic rings. The maximum Gasteiger partial charge on any atom is 0.341 e. The third kappa shape index (κ3) is 5.94. The lowest BCUT2D eigenvalue weighted by Crippen LogP contribution is -2.20. The average molecular weight is 507 g/mol. The summed E-state index contributed by atoms with van der Waals surface area (Å²) in [5.74, 6) is 0.367. The number of para-hydroxylation sites is 1. The molecule has 1 N–H and O–H groups in total. The van der Waals surface area contributed by atoms with Crippen LogP contribution in [0.1, 0.15) is 51.7 Å². The molecule has 7 nitrogen and oxygen atoms in total. The molecule has 1 heterocycles. The minimum atomic E-state index is -0.311. The third-order valence-electron chi connectivity index (χ3n) is 5.93. The van der Waals surface area contributed by atoms with Crippen LogP contribution in [0.3, 0.4) is 0 Å². The van der Waals surface area contributed by atoms with E-state index in [-0.39, 0.29) is 18.5 Å². The zero-order valence-corrected chi connectivity index (χ0v) is 21.6. The SMILES string of the molecule is CCOC(=O)c1c(N=Cc2ccc(OCC(=O)Nc3ccccc3C)c(OC)c2)sc2c1CCCC2. The van der Waals surface area contributed by atoms with E-state index >= 15 is 0 Å². The molecule has 0 fully saturated rings. The lowest BCUT2D eigenvalue weighted by molar-refractivity contribution is -0.118. The summed E-state index contributed by atoms with van der Waals surface area (Å²) < 4.78 is 16.5. The fourth-order valence-corrected chi connectivity index (χ4v) is 5.34. The summed E-state index contributed by atoms with van der Waals surface area (Å²) in [6.07, 6.45) is 5.75. The van der Waals surface area contributed by atoms with Crippen molar-refractivity contribution in [3.05, 3.63) is 69.6 Å². The molecule has 1 aliphatic carbocycles. The van der Waals surface area contributed by atoms with Gasteiger partial charge in [0, 0.05) is 16.8 Å². The van der Waals surface area contributed by atoms with Gasteiger partial charge in [-0.2, -0.15) is 0 Å². The molecule has 1 aliphatic rings. The predicted molar refractivity (Wildman–Crippen MR) is 142 cm³/mol. The van der Waals surface area contributed by atoms with Crippen molar-refractivity contribution in [1.82, 2.24) is 0 Å². The van der Waals surface area contributed by atoms with Gasteiger partial charge in [0.15, 0.2) is 18.1 Å². The second-order valence-electron chi connectivity index (χ2n) is 8.43. The Kier molecular flexibility index (Phi) is 8.38. The van der Waals surface area contributed by atoms with Crippen LogP contribution in [0.25, 0.3) is 0 Å². The number of rotatable bonds is 9. The quantitative estimate of drug-likeness (QED) is 0.289. The number of carbonyl (C=O) groups excluding carboxylic acids is 2. The number of amides is 1. The van der Waals surface area contributed by atoms with E-state index in [1.165, 1.54) is 4.88 Å². The highest BCUT2D eigenvalue weighted by atomic mass is 32.1. The first-order valence-electron chi connectivity index (χ1n) is 12.0. The number of benzene rings is 2. The van der Waals surface area contributed by atoms with E-state index in [4.69, 9.17) is 14.2 Å². The zero-order chi connectivity index (χ0) is 25.5. The molecule has 0 aliphatic heterocycles. The van der Waals surface area contributed by atoms with Crippen molar-refractivity contribution in [2.45, 2.75) is 39.5 Å². The van der Waals surface area contributed by atoms with Crippen molar-refractivity contribution >= 4 is 40.1 Å². The topological polar surface area (TPSA) is 86.2 Å². The van der Waals surface area contributed by atoms with Crippen LogP contribution >= 0.6 is 11.3 Å². The van der Waals surface area contributed by atoms with Crippen LogP contribution in [-0.2, 0) is 22.4 Å². The van der Waals surface area contributed by atoms with Crippen molar-refractivity contribution in [2.75, 3.05) is 25.6 Å². The Labute approximate surface area is 215 Å². The van der Waals surface area contributed by atoms with Gasteiger partial charge in [-0.05, 0) is 80.5 Å². The van der Waals surface area contributed by atoms with Gasteiger partial charge in [0.1, 0.15) is 5.00 Å². The first kappa shape index (κ1) is 25.4. The number of nitrogens with zero attached hydrogens (tertiary/aromatic N) is 1. The minimum Gasteiger partial charge on any atom is -0.493 e. The Morgan fingerprint density at radius 1 is 1.11 bits per heavy atom. The van der Waals surface area contributed by atoms with Gasteiger partial charge in [0.2, 0.25) is 0 Å². The molecular formula is C28H30N2O5S. The minimum absolute atomic E-state index is 0.151. The smallest absolute Gasteiger partial charge is 0.341 e. The van der Waals surface area contributed by atoms with Crippen LogP contribution in [0.2, 0.25) is 0 Å². The molecule has 0 bridgehead atoms. The molecule has 8 heteroatoms. The number of carbonyl (C=O) groups is 2. The zero-order valence-electron chi connectivity index (χ0n) is 20.8. The molecular weight excluding hydrogens is 476 g/mol. The summed E-state index contributed by atoms with van der Waals surface area (Å²) in [7, 11) is 1.54. The summed E-state index contributed by atoms with van der Waals surface area (Å²) in [6, 6.07) is 12.9. The highest BCUT2D eigenvalue weighted by Gasteiger charge is 2.26. The van der Waals surface area contributed by atoms with Crippen LogP contribution in [0, 0.1) is 6.92 Å². The highest BCUT2D eigenvalue weighted by molar-refractivity contribution is 7.16. The molecule has 2 aromatic carbocycles. The standard InChI is InChI=1S/C28H30N2O5S/c1-4-34-28(32)26-20-10-6-8-12-24(20)36-27(26)29-16-19-13-14-22(23(15-19)33-3)35-17-25(31)30-21-11-7-5-9-18(21)2/h5,7,9,11,13-16H,4,6,8,10,12,17H2,1-3H3,(H,30,31). The van der Waals surface area contributed by atoms with E-state index in [0.29, 0.717) is 28.7 Å². The van der Waals surface area contributed by atoms with E-state index < -0.39 is 0 Å². The van der Waals surface area contributed by atoms with Gasteiger partial charge in [-0.1, -0.05) is 18.2 Å². The number of fused-ring (bicyclic) bond motifs is 1. The van der Waals surface area contributed by atoms with Crippen LogP contribution in [0.4, 0.5) is 10.7 Å². The Bertz CT molecular complexity index is 1280. The fourth-order valence-electron chi connectivity index (χ4n) is 4.12. The van der Waals surface area contributed by atoms with Crippen molar-refractivity contribution in [2.24, 2.45) is 4.99 Å². The molecule has 0 radical (unpaired) electrons. The average Bonchev–Trinajstić information content (AvgIpc) is 3.26. The third-order valence-corrected chi connectivity index (χ3v) is 7.13. The summed E-state index contributed by atoms with van der Waals surface area (Å²) in [5, 5.41) is 3.52. The van der Waals surface area contributed by atoms with Gasteiger partial charge in [-0.3, -0.25) is 4.79 Å². The first-order chi connectivity index (χ1) is 17.5. The second-order valence-corrected chi connectivity index (χ2v) is 9.52. The number of esters is 1. The molecule has 0 unspecified atom stereocenters. The van der Waals surface area contributed by atoms with Gasteiger partial charge in [0.05, 0.1) is 19.3 Å². The van der Waals surface area contributed by atoms with Crippen molar-refractivity contribution in [3.8, 4) is 11.5 Å². The van der Waals surface area contributed by atoms with Crippen LogP contribution in [0.15, 0.2) is 47.5 Å². The van der Waals surface area contributed by atoms with Crippen LogP contribution in [-0.4, -0.2) is 38.4 Å². The van der Waals surface area contributed by atoms with Gasteiger partial charge in [-0.25, -0.2) is 9.79 Å². The van der Waals surface area contributed by atoms with Crippen molar-refractivity contribution in [1.29, 1.82) is 0 Å². The maximum atomic E-state index is 12.7. The molecule has 0 saturated carbocycles. The fraction of sp³-hybridized carbons (Fsp3) is 0.321. The number of aliphatic imine (C=N–C) groups is 1. The van der Waals surface area contributed by atoms with Gasteiger partial charge in [0.25, 0.3) is 5.91 Å². The predicted octanol–water partition coefficient (Wildman–Crippen LogP) is 5.89. The van der Waals surface area contributed by atoms with Gasteiger partial charge < -0.3 is 19.5 Å². The number of nitrogens with one attached hydrogen (secondary N) is 1. The maximum absolute atomic E-state index is 12.7. The van der Waals surface area contributed by atoms with E-state index in [2.05, 4.69) is 10.3 Å². The Morgan fingerprint density at radius 3 is 2.69 bits per heavy atom. The Balaban J connectivity index is 1.47. The first-order valence-corrected chi connectivity index (χ1v) is 12.8. The second kappa shape index (κ2) is 11.9. The number of methoxy groups -OCH3 is 1. The number of hydrogen-bond donors (Lipinski definition) is 1.